The summed E-state index contributed by atoms with van der Waals surface area (Å²) in [6, 6.07) is 19.7. The summed E-state index contributed by atoms with van der Waals surface area (Å²) in [7, 11) is 0. The molecule has 0 spiro atoms. The van der Waals surface area contributed by atoms with Crippen LogP contribution in [0.25, 0.3) is 0 Å². The first-order valence-electron chi connectivity index (χ1n) is 7.88. The van der Waals surface area contributed by atoms with Crippen LogP contribution in [0, 0.1) is 12.7 Å². The number of halogens is 2. The molecule has 0 N–H and O–H groups in total. The summed E-state index contributed by atoms with van der Waals surface area (Å²) in [5.74, 6) is 0.419. The van der Waals surface area contributed by atoms with Gasteiger partial charge in [-0.25, -0.2) is 4.39 Å². The van der Waals surface area contributed by atoms with Crippen LogP contribution in [-0.2, 0) is 6.61 Å². The van der Waals surface area contributed by atoms with Crippen LogP contribution in [0.3, 0.4) is 0 Å². The highest BCUT2D eigenvalue weighted by atomic mass is 35.5. The van der Waals surface area contributed by atoms with Crippen molar-refractivity contribution < 1.29 is 9.13 Å². The Morgan fingerprint density at radius 2 is 1.80 bits per heavy atom. The minimum absolute atomic E-state index is 0.196. The summed E-state index contributed by atoms with van der Waals surface area (Å²) >= 11 is 6.00. The fourth-order valence-corrected chi connectivity index (χ4v) is 2.46. The second kappa shape index (κ2) is 7.95. The van der Waals surface area contributed by atoms with E-state index in [0.717, 1.165) is 16.8 Å². The third-order valence-corrected chi connectivity index (χ3v) is 3.99. The van der Waals surface area contributed by atoms with E-state index in [2.05, 4.69) is 4.99 Å². The number of nitrogens with zero attached hydrogens (tertiary/aromatic N) is 1. The molecule has 0 aliphatic carbocycles. The molecule has 25 heavy (non-hydrogen) atoms. The number of rotatable bonds is 5. The third-order valence-electron chi connectivity index (χ3n) is 3.76. The Morgan fingerprint density at radius 1 is 1.04 bits per heavy atom. The monoisotopic (exact) mass is 353 g/mol. The highest BCUT2D eigenvalue weighted by molar-refractivity contribution is 6.30. The van der Waals surface area contributed by atoms with Crippen molar-refractivity contribution in [3.8, 4) is 5.75 Å². The number of ether oxygens (including phenoxy) is 1. The highest BCUT2D eigenvalue weighted by Crippen LogP contribution is 2.23. The van der Waals surface area contributed by atoms with Gasteiger partial charge >= 0.3 is 0 Å². The van der Waals surface area contributed by atoms with E-state index < -0.39 is 0 Å². The fourth-order valence-electron chi connectivity index (χ4n) is 2.29. The van der Waals surface area contributed by atoms with Gasteiger partial charge in [-0.1, -0.05) is 35.9 Å². The molecule has 0 aromatic heterocycles. The van der Waals surface area contributed by atoms with Gasteiger partial charge in [-0.05, 0) is 60.5 Å². The second-order valence-electron chi connectivity index (χ2n) is 5.64. The average molecular weight is 354 g/mol. The Balaban J connectivity index is 1.65. The van der Waals surface area contributed by atoms with Gasteiger partial charge in [0.2, 0.25) is 0 Å². The van der Waals surface area contributed by atoms with Crippen molar-refractivity contribution in [3.05, 3.63) is 94.3 Å². The smallest absolute Gasteiger partial charge is 0.129 e. The van der Waals surface area contributed by atoms with E-state index in [4.69, 9.17) is 16.3 Å². The van der Waals surface area contributed by atoms with Crippen LogP contribution in [0.4, 0.5) is 10.1 Å². The van der Waals surface area contributed by atoms with Crippen molar-refractivity contribution in [2.75, 3.05) is 0 Å². The Kier molecular flexibility index (Phi) is 5.46. The maximum absolute atomic E-state index is 13.6. The quantitative estimate of drug-likeness (QED) is 0.506. The van der Waals surface area contributed by atoms with Crippen molar-refractivity contribution in [3.63, 3.8) is 0 Å². The summed E-state index contributed by atoms with van der Waals surface area (Å²) < 4.78 is 19.2. The van der Waals surface area contributed by atoms with E-state index >= 15 is 0 Å². The van der Waals surface area contributed by atoms with Crippen LogP contribution in [-0.4, -0.2) is 6.21 Å². The Morgan fingerprint density at radius 3 is 2.56 bits per heavy atom. The lowest BCUT2D eigenvalue weighted by Crippen LogP contribution is -1.98. The van der Waals surface area contributed by atoms with Gasteiger partial charge in [0, 0.05) is 16.8 Å². The lowest BCUT2D eigenvalue weighted by Gasteiger charge is -2.07. The second-order valence-corrected chi connectivity index (χ2v) is 6.07. The van der Waals surface area contributed by atoms with Crippen molar-refractivity contribution >= 4 is 23.5 Å². The van der Waals surface area contributed by atoms with E-state index in [1.54, 1.807) is 24.4 Å². The minimum atomic E-state index is -0.261. The average Bonchev–Trinajstić information content (AvgIpc) is 2.63. The van der Waals surface area contributed by atoms with Gasteiger partial charge < -0.3 is 4.74 Å². The maximum atomic E-state index is 13.6. The molecular formula is C21H17ClFNO. The first-order chi connectivity index (χ1) is 12.1. The van der Waals surface area contributed by atoms with E-state index in [1.165, 1.54) is 6.07 Å². The molecule has 3 aromatic rings. The molecule has 0 atom stereocenters. The number of benzene rings is 3. The molecule has 2 nitrogen and oxygen atoms in total. The third kappa shape index (κ3) is 4.68. The predicted molar refractivity (Wildman–Crippen MR) is 101 cm³/mol. The van der Waals surface area contributed by atoms with Crippen LogP contribution in [0.5, 0.6) is 5.75 Å². The maximum Gasteiger partial charge on any atom is 0.129 e. The van der Waals surface area contributed by atoms with Crippen molar-refractivity contribution in [1.82, 2.24) is 0 Å². The fraction of sp³-hybridized carbons (Fsp3) is 0.0952. The molecule has 4 heteroatoms. The van der Waals surface area contributed by atoms with Crippen LogP contribution < -0.4 is 4.74 Å². The standard InChI is InChI=1S/C21H17ClFNO/c1-15-6-9-18(22)12-21(15)24-13-16-7-10-19(11-8-16)25-14-17-4-2-3-5-20(17)23/h2-13H,14H2,1H3. The van der Waals surface area contributed by atoms with Gasteiger partial charge in [0.25, 0.3) is 0 Å². The summed E-state index contributed by atoms with van der Waals surface area (Å²) in [6.45, 7) is 2.18. The molecular weight excluding hydrogens is 337 g/mol. The predicted octanol–water partition coefficient (Wildman–Crippen LogP) is 6.12. The van der Waals surface area contributed by atoms with Crippen LogP contribution in [0.1, 0.15) is 16.7 Å². The molecule has 126 valence electrons. The summed E-state index contributed by atoms with van der Waals surface area (Å²) in [5, 5.41) is 0.662. The normalized spacial score (nSPS) is 11.0. The summed E-state index contributed by atoms with van der Waals surface area (Å²) in [6.07, 6.45) is 1.78. The van der Waals surface area contributed by atoms with Crippen molar-refractivity contribution in [2.45, 2.75) is 13.5 Å². The molecule has 3 rings (SSSR count). The summed E-state index contributed by atoms with van der Waals surface area (Å²) in [5.41, 5.74) is 3.38. The van der Waals surface area contributed by atoms with Crippen molar-refractivity contribution in [2.24, 2.45) is 4.99 Å². The number of hydrogen-bond donors (Lipinski definition) is 0. The van der Waals surface area contributed by atoms with E-state index in [1.807, 2.05) is 49.4 Å². The number of aliphatic imine (C=N–C) groups is 1. The van der Waals surface area contributed by atoms with Gasteiger partial charge in [0.1, 0.15) is 18.2 Å². The van der Waals surface area contributed by atoms with Gasteiger partial charge in [-0.3, -0.25) is 4.99 Å². The molecule has 0 unspecified atom stereocenters. The largest absolute Gasteiger partial charge is 0.489 e. The number of hydrogen-bond acceptors (Lipinski definition) is 2. The minimum Gasteiger partial charge on any atom is -0.489 e. The highest BCUT2D eigenvalue weighted by Gasteiger charge is 2.02. The lowest BCUT2D eigenvalue weighted by atomic mass is 10.2. The molecule has 0 bridgehead atoms. The van der Waals surface area contributed by atoms with E-state index in [0.29, 0.717) is 16.3 Å². The molecule has 0 saturated carbocycles. The first-order valence-corrected chi connectivity index (χ1v) is 8.26. The Hall–Kier alpha value is -2.65. The van der Waals surface area contributed by atoms with Gasteiger partial charge in [-0.2, -0.15) is 0 Å². The molecule has 0 heterocycles. The van der Waals surface area contributed by atoms with Gasteiger partial charge in [-0.15, -0.1) is 0 Å². The van der Waals surface area contributed by atoms with E-state index in [9.17, 15) is 4.39 Å². The first kappa shape index (κ1) is 17.2. The number of aryl methyl sites for hydroxylation is 1. The zero-order valence-corrected chi connectivity index (χ0v) is 14.5. The van der Waals surface area contributed by atoms with Crippen LogP contribution in [0.15, 0.2) is 71.7 Å². The molecule has 0 amide bonds. The van der Waals surface area contributed by atoms with Crippen molar-refractivity contribution in [1.29, 1.82) is 0 Å². The topological polar surface area (TPSA) is 21.6 Å². The molecule has 0 fully saturated rings. The Labute approximate surface area is 151 Å². The van der Waals surface area contributed by atoms with Gasteiger partial charge in [0.15, 0.2) is 0 Å². The SMILES string of the molecule is Cc1ccc(Cl)cc1N=Cc1ccc(OCc2ccccc2F)cc1. The van der Waals surface area contributed by atoms with Gasteiger partial charge in [0.05, 0.1) is 5.69 Å². The Bertz CT molecular complexity index is 891. The molecule has 3 aromatic carbocycles. The lowest BCUT2D eigenvalue weighted by molar-refractivity contribution is 0.300. The molecule has 0 saturated heterocycles. The van der Waals surface area contributed by atoms with Crippen LogP contribution in [0.2, 0.25) is 5.02 Å². The summed E-state index contributed by atoms with van der Waals surface area (Å²) in [4.78, 5) is 4.47. The zero-order chi connectivity index (χ0) is 17.6. The molecule has 0 radical (unpaired) electrons. The zero-order valence-electron chi connectivity index (χ0n) is 13.7. The molecule has 0 aliphatic rings. The van der Waals surface area contributed by atoms with E-state index in [-0.39, 0.29) is 12.4 Å². The molecule has 0 aliphatic heterocycles. The van der Waals surface area contributed by atoms with Crippen LogP contribution >= 0.6 is 11.6 Å².